The second-order valence-electron chi connectivity index (χ2n) is 3.55. The van der Waals surface area contributed by atoms with E-state index in [4.69, 9.17) is 15.4 Å². The van der Waals surface area contributed by atoms with Gasteiger partial charge in [0.2, 0.25) is 0 Å². The number of hydrogen-bond acceptors (Lipinski definition) is 5. The normalized spacial score (nSPS) is 10.2. The summed E-state index contributed by atoms with van der Waals surface area (Å²) in [5, 5.41) is 8.49. The maximum atomic E-state index is 8.49. The molecular formula is C11H12N4O. The van der Waals surface area contributed by atoms with Crippen LogP contribution in [0.4, 0.5) is 11.7 Å². The van der Waals surface area contributed by atoms with Gasteiger partial charge in [0.15, 0.2) is 5.58 Å². The zero-order valence-corrected chi connectivity index (χ0v) is 8.97. The molecule has 0 aliphatic rings. The molecule has 0 aliphatic carbocycles. The van der Waals surface area contributed by atoms with Crippen LogP contribution in [0, 0.1) is 11.3 Å². The summed E-state index contributed by atoms with van der Waals surface area (Å²) < 4.78 is 5.53. The number of nitrogen functional groups attached to an aromatic ring is 1. The topological polar surface area (TPSA) is 79.1 Å². The second kappa shape index (κ2) is 4.11. The van der Waals surface area contributed by atoms with E-state index in [1.807, 2.05) is 13.1 Å². The van der Waals surface area contributed by atoms with Gasteiger partial charge in [-0.3, -0.25) is 0 Å². The first-order chi connectivity index (χ1) is 7.70. The number of nitrogens with two attached hydrogens (primary N) is 1. The van der Waals surface area contributed by atoms with Crippen molar-refractivity contribution in [2.24, 2.45) is 0 Å². The van der Waals surface area contributed by atoms with Crippen LogP contribution in [0.3, 0.4) is 0 Å². The van der Waals surface area contributed by atoms with Crippen LogP contribution in [0.1, 0.15) is 6.42 Å². The zero-order valence-electron chi connectivity index (χ0n) is 8.97. The lowest BCUT2D eigenvalue weighted by Gasteiger charge is -2.10. The molecule has 0 saturated heterocycles. The van der Waals surface area contributed by atoms with Gasteiger partial charge in [-0.05, 0) is 12.1 Å². The van der Waals surface area contributed by atoms with Crippen LogP contribution in [-0.2, 0) is 0 Å². The SMILES string of the molecule is CN(CCC#N)c1nc2ccc(N)cc2o1. The molecule has 2 N–H and O–H groups in total. The molecule has 0 amide bonds. The van der Waals surface area contributed by atoms with Crippen LogP contribution in [0.25, 0.3) is 11.1 Å². The summed E-state index contributed by atoms with van der Waals surface area (Å²) in [6.07, 6.45) is 0.442. The molecule has 0 spiro atoms. The first-order valence-corrected chi connectivity index (χ1v) is 4.95. The third-order valence-electron chi connectivity index (χ3n) is 2.29. The van der Waals surface area contributed by atoms with Crippen LogP contribution >= 0.6 is 0 Å². The smallest absolute Gasteiger partial charge is 0.298 e. The number of rotatable bonds is 3. The lowest BCUT2D eigenvalue weighted by molar-refractivity contribution is 0.584. The summed E-state index contributed by atoms with van der Waals surface area (Å²) >= 11 is 0. The van der Waals surface area contributed by atoms with E-state index in [0.29, 0.717) is 30.3 Å². The van der Waals surface area contributed by atoms with Crippen molar-refractivity contribution in [1.82, 2.24) is 4.98 Å². The van der Waals surface area contributed by atoms with Gasteiger partial charge in [-0.1, -0.05) is 0 Å². The molecule has 1 heterocycles. The van der Waals surface area contributed by atoms with Gasteiger partial charge in [0.1, 0.15) is 5.52 Å². The van der Waals surface area contributed by atoms with Crippen molar-refractivity contribution in [3.05, 3.63) is 18.2 Å². The Hall–Kier alpha value is -2.22. The van der Waals surface area contributed by atoms with Crippen molar-refractivity contribution < 1.29 is 4.42 Å². The number of fused-ring (bicyclic) bond motifs is 1. The zero-order chi connectivity index (χ0) is 11.5. The standard InChI is InChI=1S/C11H12N4O/c1-15(6-2-5-12)11-14-9-4-3-8(13)7-10(9)16-11/h3-4,7H,2,6,13H2,1H3. The fourth-order valence-electron chi connectivity index (χ4n) is 1.41. The Morgan fingerprint density at radius 2 is 2.38 bits per heavy atom. The molecule has 0 radical (unpaired) electrons. The number of oxazole rings is 1. The minimum atomic E-state index is 0.442. The highest BCUT2D eigenvalue weighted by Gasteiger charge is 2.09. The summed E-state index contributed by atoms with van der Waals surface area (Å²) in [5.74, 6) is 0. The number of anilines is 2. The molecule has 0 saturated carbocycles. The predicted molar refractivity (Wildman–Crippen MR) is 61.9 cm³/mol. The Morgan fingerprint density at radius 1 is 1.56 bits per heavy atom. The Kier molecular flexibility index (Phi) is 2.64. The van der Waals surface area contributed by atoms with Crippen molar-refractivity contribution in [3.8, 4) is 6.07 Å². The molecule has 1 aromatic heterocycles. The minimum Gasteiger partial charge on any atom is -0.423 e. The molecule has 0 atom stereocenters. The van der Waals surface area contributed by atoms with Gasteiger partial charge < -0.3 is 15.1 Å². The fourth-order valence-corrected chi connectivity index (χ4v) is 1.41. The molecule has 0 unspecified atom stereocenters. The van der Waals surface area contributed by atoms with E-state index in [2.05, 4.69) is 11.1 Å². The molecule has 5 heteroatoms. The number of benzene rings is 1. The monoisotopic (exact) mass is 216 g/mol. The molecule has 1 aromatic carbocycles. The maximum absolute atomic E-state index is 8.49. The van der Waals surface area contributed by atoms with Crippen molar-refractivity contribution in [2.75, 3.05) is 24.2 Å². The fraction of sp³-hybridized carbons (Fsp3) is 0.273. The lowest BCUT2D eigenvalue weighted by Crippen LogP contribution is -2.18. The highest BCUT2D eigenvalue weighted by Crippen LogP contribution is 2.22. The molecule has 5 nitrogen and oxygen atoms in total. The van der Waals surface area contributed by atoms with E-state index >= 15 is 0 Å². The Morgan fingerprint density at radius 3 is 3.12 bits per heavy atom. The van der Waals surface area contributed by atoms with Crippen molar-refractivity contribution in [1.29, 1.82) is 5.26 Å². The highest BCUT2D eigenvalue weighted by atomic mass is 16.4. The van der Waals surface area contributed by atoms with Gasteiger partial charge in [0, 0.05) is 25.3 Å². The van der Waals surface area contributed by atoms with E-state index in [0.717, 1.165) is 5.52 Å². The highest BCUT2D eigenvalue weighted by molar-refractivity contribution is 5.78. The van der Waals surface area contributed by atoms with E-state index < -0.39 is 0 Å². The average molecular weight is 216 g/mol. The summed E-state index contributed by atoms with van der Waals surface area (Å²) in [5.41, 5.74) is 7.73. The van der Waals surface area contributed by atoms with Crippen LogP contribution in [0.5, 0.6) is 0 Å². The molecule has 2 aromatic rings. The number of aromatic nitrogens is 1. The van der Waals surface area contributed by atoms with Gasteiger partial charge in [-0.25, -0.2) is 0 Å². The first kappa shape index (κ1) is 10.3. The van der Waals surface area contributed by atoms with Crippen LogP contribution in [-0.4, -0.2) is 18.6 Å². The van der Waals surface area contributed by atoms with Gasteiger partial charge in [0.25, 0.3) is 6.01 Å². The third kappa shape index (κ3) is 1.91. The van der Waals surface area contributed by atoms with Gasteiger partial charge >= 0.3 is 0 Å². The van der Waals surface area contributed by atoms with Gasteiger partial charge in [-0.15, -0.1) is 0 Å². The average Bonchev–Trinajstić information content (AvgIpc) is 2.68. The molecule has 82 valence electrons. The van der Waals surface area contributed by atoms with Crippen molar-refractivity contribution in [2.45, 2.75) is 6.42 Å². The Bertz CT molecular complexity index is 540. The summed E-state index contributed by atoms with van der Waals surface area (Å²) in [6.45, 7) is 0.596. The quantitative estimate of drug-likeness (QED) is 0.791. The van der Waals surface area contributed by atoms with Crippen LogP contribution < -0.4 is 10.6 Å². The van der Waals surface area contributed by atoms with E-state index in [9.17, 15) is 0 Å². The van der Waals surface area contributed by atoms with Crippen LogP contribution in [0.15, 0.2) is 22.6 Å². The number of nitriles is 1. The van der Waals surface area contributed by atoms with Crippen LogP contribution in [0.2, 0.25) is 0 Å². The summed E-state index contributed by atoms with van der Waals surface area (Å²) in [7, 11) is 1.84. The second-order valence-corrected chi connectivity index (χ2v) is 3.55. The number of nitrogens with zero attached hydrogens (tertiary/aromatic N) is 3. The Labute approximate surface area is 93.1 Å². The first-order valence-electron chi connectivity index (χ1n) is 4.95. The minimum absolute atomic E-state index is 0.442. The molecule has 2 rings (SSSR count). The van der Waals surface area contributed by atoms with Gasteiger partial charge in [0.05, 0.1) is 12.5 Å². The van der Waals surface area contributed by atoms with E-state index in [1.54, 1.807) is 17.0 Å². The number of hydrogen-bond donors (Lipinski definition) is 1. The third-order valence-corrected chi connectivity index (χ3v) is 2.29. The Balaban J connectivity index is 2.29. The predicted octanol–water partition coefficient (Wildman–Crippen LogP) is 1.76. The molecule has 0 bridgehead atoms. The largest absolute Gasteiger partial charge is 0.423 e. The van der Waals surface area contributed by atoms with E-state index in [-0.39, 0.29) is 0 Å². The molecular weight excluding hydrogens is 204 g/mol. The summed E-state index contributed by atoms with van der Waals surface area (Å²) in [6, 6.07) is 7.93. The molecule has 16 heavy (non-hydrogen) atoms. The lowest BCUT2D eigenvalue weighted by atomic mass is 10.3. The summed E-state index contributed by atoms with van der Waals surface area (Å²) in [4.78, 5) is 6.11. The maximum Gasteiger partial charge on any atom is 0.298 e. The van der Waals surface area contributed by atoms with Crippen molar-refractivity contribution in [3.63, 3.8) is 0 Å². The van der Waals surface area contributed by atoms with Gasteiger partial charge in [-0.2, -0.15) is 10.2 Å². The van der Waals surface area contributed by atoms with Crippen molar-refractivity contribution >= 4 is 22.8 Å². The molecule has 0 fully saturated rings. The molecule has 0 aliphatic heterocycles. The van der Waals surface area contributed by atoms with E-state index in [1.165, 1.54) is 0 Å².